The first-order valence-electron chi connectivity index (χ1n) is 9.66. The Balaban J connectivity index is 1.63. The fourth-order valence-corrected chi connectivity index (χ4v) is 5.61. The second-order valence-corrected chi connectivity index (χ2v) is 10.1. The van der Waals surface area contributed by atoms with Gasteiger partial charge in [0.2, 0.25) is 15.9 Å². The van der Waals surface area contributed by atoms with Crippen LogP contribution < -0.4 is 10.1 Å². The van der Waals surface area contributed by atoms with Gasteiger partial charge in [0.15, 0.2) is 0 Å². The molecule has 2 aromatic rings. The van der Waals surface area contributed by atoms with Crippen LogP contribution in [0.4, 0.5) is 11.4 Å². The molecule has 0 aromatic heterocycles. The Morgan fingerprint density at radius 2 is 1.91 bits per heavy atom. The lowest BCUT2D eigenvalue weighted by Gasteiger charge is -2.30. The number of nitro benzene ring substituents is 1. The van der Waals surface area contributed by atoms with Crippen LogP contribution in [0.15, 0.2) is 36.4 Å². The van der Waals surface area contributed by atoms with Crippen molar-refractivity contribution in [2.75, 3.05) is 25.5 Å². The summed E-state index contributed by atoms with van der Waals surface area (Å²) >= 11 is 12.0. The second kappa shape index (κ2) is 10.0. The van der Waals surface area contributed by atoms with Crippen LogP contribution in [0.2, 0.25) is 10.0 Å². The van der Waals surface area contributed by atoms with Gasteiger partial charge in [-0.05, 0) is 36.6 Å². The van der Waals surface area contributed by atoms with Crippen molar-refractivity contribution in [1.82, 2.24) is 4.31 Å². The number of hydrogen-bond acceptors (Lipinski definition) is 6. The number of non-ortho nitro benzene ring substituents is 1. The first-order chi connectivity index (χ1) is 15.1. The van der Waals surface area contributed by atoms with Crippen molar-refractivity contribution in [3.8, 4) is 5.75 Å². The van der Waals surface area contributed by atoms with Crippen molar-refractivity contribution in [1.29, 1.82) is 0 Å². The van der Waals surface area contributed by atoms with Crippen LogP contribution in [0, 0.1) is 16.0 Å². The van der Waals surface area contributed by atoms with E-state index in [2.05, 4.69) is 5.32 Å². The number of ether oxygens (including phenoxy) is 1. The molecule has 0 radical (unpaired) electrons. The van der Waals surface area contributed by atoms with E-state index >= 15 is 0 Å². The number of halogens is 2. The molecule has 1 fully saturated rings. The number of piperidine rings is 1. The predicted octanol–water partition coefficient (Wildman–Crippen LogP) is 4.09. The molecule has 0 unspecified atom stereocenters. The largest absolute Gasteiger partial charge is 0.495 e. The number of sulfonamides is 1. The van der Waals surface area contributed by atoms with Gasteiger partial charge in [-0.25, -0.2) is 12.7 Å². The van der Waals surface area contributed by atoms with Crippen molar-refractivity contribution >= 4 is 50.5 Å². The van der Waals surface area contributed by atoms with Gasteiger partial charge in [-0.2, -0.15) is 0 Å². The Kier molecular flexibility index (Phi) is 7.60. The van der Waals surface area contributed by atoms with E-state index < -0.39 is 20.9 Å². The third kappa shape index (κ3) is 5.69. The van der Waals surface area contributed by atoms with E-state index in [9.17, 15) is 23.3 Å². The molecule has 12 heteroatoms. The van der Waals surface area contributed by atoms with E-state index in [1.807, 2.05) is 0 Å². The first-order valence-corrected chi connectivity index (χ1v) is 12.0. The Hall–Kier alpha value is -2.40. The molecule has 1 amide bonds. The summed E-state index contributed by atoms with van der Waals surface area (Å²) in [6.45, 7) is 0.357. The van der Waals surface area contributed by atoms with Crippen molar-refractivity contribution in [2.24, 2.45) is 5.92 Å². The van der Waals surface area contributed by atoms with Crippen LogP contribution in [-0.2, 0) is 20.6 Å². The Bertz CT molecular complexity index is 1130. The average Bonchev–Trinajstić information content (AvgIpc) is 2.75. The number of anilines is 1. The van der Waals surface area contributed by atoms with Gasteiger partial charge in [0.25, 0.3) is 5.69 Å². The van der Waals surface area contributed by atoms with E-state index in [0.29, 0.717) is 29.2 Å². The molecule has 32 heavy (non-hydrogen) atoms. The molecule has 0 spiro atoms. The van der Waals surface area contributed by atoms with Gasteiger partial charge < -0.3 is 10.1 Å². The molecule has 0 bridgehead atoms. The van der Waals surface area contributed by atoms with Gasteiger partial charge in [0, 0.05) is 41.2 Å². The maximum absolute atomic E-state index is 12.8. The molecule has 172 valence electrons. The summed E-state index contributed by atoms with van der Waals surface area (Å²) < 4.78 is 32.1. The van der Waals surface area contributed by atoms with E-state index in [-0.39, 0.29) is 41.1 Å². The fraction of sp³-hybridized carbons (Fsp3) is 0.350. The lowest BCUT2D eigenvalue weighted by Crippen LogP contribution is -2.41. The highest BCUT2D eigenvalue weighted by molar-refractivity contribution is 7.88. The number of carbonyl (C=O) groups excluding carboxylic acids is 1. The van der Waals surface area contributed by atoms with Crippen LogP contribution in [0.3, 0.4) is 0 Å². The standard InChI is InChI=1S/C20H21Cl2N3O6S/c1-31-19-5-4-16(25(27)28)11-18(19)23-20(26)13-6-8-24(9-7-13)32(29,30)12-14-2-3-15(21)10-17(14)22/h2-5,10-11,13H,6-9,12H2,1H3,(H,23,26). The summed E-state index contributed by atoms with van der Waals surface area (Å²) in [6.07, 6.45) is 0.632. The topological polar surface area (TPSA) is 119 Å². The monoisotopic (exact) mass is 501 g/mol. The maximum Gasteiger partial charge on any atom is 0.271 e. The summed E-state index contributed by atoms with van der Waals surface area (Å²) in [5.41, 5.74) is 0.468. The van der Waals surface area contributed by atoms with E-state index in [0.717, 1.165) is 0 Å². The highest BCUT2D eigenvalue weighted by Crippen LogP contribution is 2.31. The van der Waals surface area contributed by atoms with Gasteiger partial charge in [-0.3, -0.25) is 14.9 Å². The summed E-state index contributed by atoms with van der Waals surface area (Å²) in [7, 11) is -2.23. The number of hydrogen-bond donors (Lipinski definition) is 1. The van der Waals surface area contributed by atoms with Crippen molar-refractivity contribution < 1.29 is 22.9 Å². The number of rotatable bonds is 7. The summed E-state index contributed by atoms with van der Waals surface area (Å²) in [6, 6.07) is 8.57. The molecule has 1 aliphatic heterocycles. The van der Waals surface area contributed by atoms with Gasteiger partial charge in [0.05, 0.1) is 23.5 Å². The second-order valence-electron chi connectivity index (χ2n) is 7.30. The van der Waals surface area contributed by atoms with E-state index in [1.54, 1.807) is 12.1 Å². The number of nitrogens with zero attached hydrogens (tertiary/aromatic N) is 2. The highest BCUT2D eigenvalue weighted by Gasteiger charge is 2.32. The maximum atomic E-state index is 12.8. The molecule has 1 saturated heterocycles. The van der Waals surface area contributed by atoms with Crippen LogP contribution >= 0.6 is 23.2 Å². The van der Waals surface area contributed by atoms with Crippen molar-refractivity contribution in [3.63, 3.8) is 0 Å². The third-order valence-corrected chi connectivity index (χ3v) is 7.64. The fourth-order valence-electron chi connectivity index (χ4n) is 3.46. The molecule has 1 heterocycles. The number of methoxy groups -OCH3 is 1. The smallest absolute Gasteiger partial charge is 0.271 e. The predicted molar refractivity (Wildman–Crippen MR) is 122 cm³/mol. The molecule has 0 atom stereocenters. The lowest BCUT2D eigenvalue weighted by molar-refractivity contribution is -0.384. The zero-order chi connectivity index (χ0) is 23.5. The Morgan fingerprint density at radius 1 is 1.22 bits per heavy atom. The summed E-state index contributed by atoms with van der Waals surface area (Å²) in [4.78, 5) is 23.2. The van der Waals surface area contributed by atoms with Crippen LogP contribution in [0.1, 0.15) is 18.4 Å². The highest BCUT2D eigenvalue weighted by atomic mass is 35.5. The van der Waals surface area contributed by atoms with Gasteiger partial charge >= 0.3 is 0 Å². The zero-order valence-electron chi connectivity index (χ0n) is 17.1. The normalized spacial score (nSPS) is 15.3. The molecular weight excluding hydrogens is 481 g/mol. The Morgan fingerprint density at radius 3 is 2.50 bits per heavy atom. The minimum Gasteiger partial charge on any atom is -0.495 e. The molecule has 0 aliphatic carbocycles. The summed E-state index contributed by atoms with van der Waals surface area (Å²) in [5, 5.41) is 14.4. The van der Waals surface area contributed by atoms with E-state index in [4.69, 9.17) is 27.9 Å². The lowest BCUT2D eigenvalue weighted by atomic mass is 9.97. The minimum atomic E-state index is -3.63. The van der Waals surface area contributed by atoms with Gasteiger partial charge in [0.1, 0.15) is 5.75 Å². The zero-order valence-corrected chi connectivity index (χ0v) is 19.4. The molecular formula is C20H21Cl2N3O6S. The number of nitrogens with one attached hydrogen (secondary N) is 1. The molecule has 2 aromatic carbocycles. The van der Waals surface area contributed by atoms with Crippen molar-refractivity contribution in [2.45, 2.75) is 18.6 Å². The molecule has 0 saturated carbocycles. The van der Waals surface area contributed by atoms with Crippen LogP contribution in [0.5, 0.6) is 5.75 Å². The minimum absolute atomic E-state index is 0.178. The van der Waals surface area contributed by atoms with Gasteiger partial charge in [-0.15, -0.1) is 0 Å². The van der Waals surface area contributed by atoms with Gasteiger partial charge in [-0.1, -0.05) is 29.3 Å². The number of amides is 1. The molecule has 1 aliphatic rings. The van der Waals surface area contributed by atoms with Crippen LogP contribution in [0.25, 0.3) is 0 Å². The average molecular weight is 502 g/mol. The van der Waals surface area contributed by atoms with Crippen molar-refractivity contribution in [3.05, 3.63) is 62.1 Å². The van der Waals surface area contributed by atoms with E-state index in [1.165, 1.54) is 35.7 Å². The molecule has 1 N–H and O–H groups in total. The number of nitro groups is 1. The third-order valence-electron chi connectivity index (χ3n) is 5.22. The quantitative estimate of drug-likeness (QED) is 0.450. The summed E-state index contributed by atoms with van der Waals surface area (Å²) in [5.74, 6) is -0.750. The Labute approximate surface area is 195 Å². The molecule has 3 rings (SSSR count). The number of carbonyl (C=O) groups is 1. The first kappa shape index (κ1) is 24.2. The van der Waals surface area contributed by atoms with Crippen LogP contribution in [-0.4, -0.2) is 43.8 Å². The SMILES string of the molecule is COc1ccc([N+](=O)[O-])cc1NC(=O)C1CCN(S(=O)(=O)Cc2ccc(Cl)cc2Cl)CC1. The number of benzene rings is 2. The molecule has 9 nitrogen and oxygen atoms in total.